The summed E-state index contributed by atoms with van der Waals surface area (Å²) < 4.78 is 10.4. The second-order valence-electron chi connectivity index (χ2n) is 6.71. The molecule has 3 N–H and O–H groups in total. The lowest BCUT2D eigenvalue weighted by Crippen LogP contribution is -2.27. The number of hydrogen-bond acceptors (Lipinski definition) is 4. The molecule has 7 nitrogen and oxygen atoms in total. The summed E-state index contributed by atoms with van der Waals surface area (Å²) in [5, 5.41) is 6.71. The molecule has 0 spiro atoms. The molecule has 0 unspecified atom stereocenters. The summed E-state index contributed by atoms with van der Waals surface area (Å²) in [4.78, 5) is 28.2. The summed E-state index contributed by atoms with van der Waals surface area (Å²) in [5.41, 5.74) is 2.91. The fourth-order valence-corrected chi connectivity index (χ4v) is 3.28. The molecule has 4 aromatic rings. The lowest BCUT2D eigenvalue weighted by atomic mass is 10.1. The standard InChI is InChI=1S/C23H21N3O4/c1-29-16-8-9-19-18(13-16)15(14-25-19)10-11-24-22(27)17-5-2-3-6-20(17)26-23(28)21-7-4-12-30-21/h2-9,12-14,25H,10-11H2,1H3,(H,24,27)(H,26,28). The minimum Gasteiger partial charge on any atom is -0.497 e. The number of rotatable bonds is 7. The first-order valence-electron chi connectivity index (χ1n) is 9.52. The minimum absolute atomic E-state index is 0.181. The SMILES string of the molecule is COc1ccc2[nH]cc(CCNC(=O)c3ccccc3NC(=O)c3ccco3)c2c1. The van der Waals surface area contributed by atoms with Gasteiger partial charge < -0.3 is 24.8 Å². The van der Waals surface area contributed by atoms with Crippen LogP contribution in [0.3, 0.4) is 0 Å². The molecule has 2 amide bonds. The van der Waals surface area contributed by atoms with Crippen molar-refractivity contribution in [2.75, 3.05) is 19.0 Å². The number of aromatic nitrogens is 1. The number of para-hydroxylation sites is 1. The first-order valence-corrected chi connectivity index (χ1v) is 9.52. The van der Waals surface area contributed by atoms with Gasteiger partial charge in [0, 0.05) is 23.6 Å². The van der Waals surface area contributed by atoms with Crippen LogP contribution in [0, 0.1) is 0 Å². The van der Waals surface area contributed by atoms with Gasteiger partial charge in [-0.15, -0.1) is 0 Å². The van der Waals surface area contributed by atoms with Gasteiger partial charge in [-0.2, -0.15) is 0 Å². The number of benzene rings is 2. The molecule has 0 fully saturated rings. The Bertz CT molecular complexity index is 1180. The normalized spacial score (nSPS) is 10.7. The number of carbonyl (C=O) groups is 2. The highest BCUT2D eigenvalue weighted by Gasteiger charge is 2.15. The number of anilines is 1. The third-order valence-corrected chi connectivity index (χ3v) is 4.82. The van der Waals surface area contributed by atoms with Crippen molar-refractivity contribution in [3.8, 4) is 5.75 Å². The Balaban J connectivity index is 1.42. The minimum atomic E-state index is -0.409. The zero-order valence-electron chi connectivity index (χ0n) is 16.4. The lowest BCUT2D eigenvalue weighted by molar-refractivity contribution is 0.0955. The average molecular weight is 403 g/mol. The molecule has 152 valence electrons. The molecule has 0 radical (unpaired) electrons. The lowest BCUT2D eigenvalue weighted by Gasteiger charge is -2.11. The molecule has 2 heterocycles. The summed E-state index contributed by atoms with van der Waals surface area (Å²) in [7, 11) is 1.63. The number of furan rings is 1. The van der Waals surface area contributed by atoms with E-state index in [1.165, 1.54) is 6.26 Å². The molecule has 4 rings (SSSR count). The molecule has 30 heavy (non-hydrogen) atoms. The third-order valence-electron chi connectivity index (χ3n) is 4.82. The van der Waals surface area contributed by atoms with Gasteiger partial charge in [-0.1, -0.05) is 12.1 Å². The van der Waals surface area contributed by atoms with E-state index in [2.05, 4.69) is 15.6 Å². The highest BCUT2D eigenvalue weighted by molar-refractivity contribution is 6.07. The van der Waals surface area contributed by atoms with Crippen LogP contribution < -0.4 is 15.4 Å². The summed E-state index contributed by atoms with van der Waals surface area (Å²) >= 11 is 0. The van der Waals surface area contributed by atoms with Crippen molar-refractivity contribution < 1.29 is 18.7 Å². The van der Waals surface area contributed by atoms with E-state index in [4.69, 9.17) is 9.15 Å². The predicted molar refractivity (Wildman–Crippen MR) is 114 cm³/mol. The number of carbonyl (C=O) groups excluding carboxylic acids is 2. The van der Waals surface area contributed by atoms with Crippen LogP contribution in [0.1, 0.15) is 26.5 Å². The molecule has 0 aliphatic heterocycles. The Hall–Kier alpha value is -4.00. The summed E-state index contributed by atoms with van der Waals surface area (Å²) in [6.45, 7) is 0.448. The summed E-state index contributed by atoms with van der Waals surface area (Å²) in [6.07, 6.45) is 4.02. The van der Waals surface area contributed by atoms with Crippen molar-refractivity contribution in [2.45, 2.75) is 6.42 Å². The maximum absolute atomic E-state index is 12.7. The third kappa shape index (κ3) is 4.05. The highest BCUT2D eigenvalue weighted by Crippen LogP contribution is 2.24. The van der Waals surface area contributed by atoms with Crippen molar-refractivity contribution in [1.29, 1.82) is 0 Å². The molecule has 0 saturated heterocycles. The number of methoxy groups -OCH3 is 1. The summed E-state index contributed by atoms with van der Waals surface area (Å²) in [6, 6.07) is 15.9. The number of ether oxygens (including phenoxy) is 1. The Morgan fingerprint density at radius 1 is 1.07 bits per heavy atom. The maximum atomic E-state index is 12.7. The molecular formula is C23H21N3O4. The average Bonchev–Trinajstić information content (AvgIpc) is 3.44. The Kier molecular flexibility index (Phi) is 5.52. The summed E-state index contributed by atoms with van der Waals surface area (Å²) in [5.74, 6) is 0.296. The van der Waals surface area contributed by atoms with E-state index in [9.17, 15) is 9.59 Å². The number of H-pyrrole nitrogens is 1. The number of aromatic amines is 1. The number of nitrogens with one attached hydrogen (secondary N) is 3. The van der Waals surface area contributed by atoms with E-state index in [0.717, 1.165) is 22.2 Å². The first kappa shape index (κ1) is 19.3. The van der Waals surface area contributed by atoms with E-state index in [1.807, 2.05) is 24.4 Å². The molecule has 0 bridgehead atoms. The van der Waals surface area contributed by atoms with E-state index in [0.29, 0.717) is 24.2 Å². The van der Waals surface area contributed by atoms with Crippen LogP contribution in [-0.2, 0) is 6.42 Å². The van der Waals surface area contributed by atoms with Gasteiger partial charge >= 0.3 is 0 Å². The molecule has 0 aliphatic carbocycles. The molecule has 0 atom stereocenters. The van der Waals surface area contributed by atoms with Gasteiger partial charge in [-0.25, -0.2) is 0 Å². The molecule has 2 aromatic heterocycles. The quantitative estimate of drug-likeness (QED) is 0.435. The van der Waals surface area contributed by atoms with Gasteiger partial charge in [-0.3, -0.25) is 9.59 Å². The molecule has 2 aromatic carbocycles. The van der Waals surface area contributed by atoms with Crippen molar-refractivity contribution >= 4 is 28.4 Å². The van der Waals surface area contributed by atoms with Gasteiger partial charge in [0.25, 0.3) is 11.8 Å². The second-order valence-corrected chi connectivity index (χ2v) is 6.71. The number of fused-ring (bicyclic) bond motifs is 1. The van der Waals surface area contributed by atoms with Crippen LogP contribution in [0.5, 0.6) is 5.75 Å². The molecular weight excluding hydrogens is 382 g/mol. The van der Waals surface area contributed by atoms with Gasteiger partial charge in [0.2, 0.25) is 0 Å². The van der Waals surface area contributed by atoms with Crippen LogP contribution in [0.4, 0.5) is 5.69 Å². The largest absolute Gasteiger partial charge is 0.497 e. The van der Waals surface area contributed by atoms with E-state index in [1.54, 1.807) is 43.5 Å². The van der Waals surface area contributed by atoms with Gasteiger partial charge in [0.1, 0.15) is 5.75 Å². The molecule has 7 heteroatoms. The smallest absolute Gasteiger partial charge is 0.291 e. The van der Waals surface area contributed by atoms with E-state index >= 15 is 0 Å². The Morgan fingerprint density at radius 2 is 1.93 bits per heavy atom. The zero-order valence-corrected chi connectivity index (χ0v) is 16.4. The Labute approximate surface area is 173 Å². The van der Waals surface area contributed by atoms with Gasteiger partial charge in [0.15, 0.2) is 5.76 Å². The van der Waals surface area contributed by atoms with Crippen molar-refractivity contribution in [3.63, 3.8) is 0 Å². The van der Waals surface area contributed by atoms with Crippen molar-refractivity contribution in [1.82, 2.24) is 10.3 Å². The molecule has 0 aliphatic rings. The van der Waals surface area contributed by atoms with Crippen molar-refractivity contribution in [2.24, 2.45) is 0 Å². The fraction of sp³-hybridized carbons (Fsp3) is 0.130. The van der Waals surface area contributed by atoms with Gasteiger partial charge in [0.05, 0.1) is 24.6 Å². The van der Waals surface area contributed by atoms with Crippen molar-refractivity contribution in [3.05, 3.63) is 83.9 Å². The monoisotopic (exact) mass is 403 g/mol. The Morgan fingerprint density at radius 3 is 2.73 bits per heavy atom. The fourth-order valence-electron chi connectivity index (χ4n) is 3.28. The number of amides is 2. The van der Waals surface area contributed by atoms with Crippen LogP contribution in [0.2, 0.25) is 0 Å². The van der Waals surface area contributed by atoms with E-state index < -0.39 is 5.91 Å². The van der Waals surface area contributed by atoms with Gasteiger partial charge in [-0.05, 0) is 54.4 Å². The predicted octanol–water partition coefficient (Wildman–Crippen LogP) is 3.99. The first-order chi connectivity index (χ1) is 14.7. The van der Waals surface area contributed by atoms with Crippen LogP contribution in [0.25, 0.3) is 10.9 Å². The van der Waals surface area contributed by atoms with Crippen LogP contribution in [0.15, 0.2) is 71.5 Å². The zero-order chi connectivity index (χ0) is 20.9. The second kappa shape index (κ2) is 8.57. The van der Waals surface area contributed by atoms with E-state index in [-0.39, 0.29) is 11.7 Å². The van der Waals surface area contributed by atoms with Crippen LogP contribution in [-0.4, -0.2) is 30.5 Å². The molecule has 0 saturated carbocycles. The number of hydrogen-bond donors (Lipinski definition) is 3. The topological polar surface area (TPSA) is 96.4 Å². The van der Waals surface area contributed by atoms with Crippen LogP contribution >= 0.6 is 0 Å². The maximum Gasteiger partial charge on any atom is 0.291 e. The highest BCUT2D eigenvalue weighted by atomic mass is 16.5.